The van der Waals surface area contributed by atoms with Gasteiger partial charge in [-0.15, -0.1) is 0 Å². The average molecular weight is 305 g/mol. The van der Waals surface area contributed by atoms with Crippen LogP contribution in [0.1, 0.15) is 42.9 Å². The first-order chi connectivity index (χ1) is 10.8. The van der Waals surface area contributed by atoms with Gasteiger partial charge in [-0.05, 0) is 31.6 Å². The third-order valence-electron chi connectivity index (χ3n) is 5.36. The Morgan fingerprint density at radius 2 is 2.05 bits per heavy atom. The van der Waals surface area contributed by atoms with Crippen LogP contribution in [0.5, 0.6) is 0 Å². The van der Waals surface area contributed by atoms with Crippen LogP contribution in [0.4, 0.5) is 0 Å². The van der Waals surface area contributed by atoms with Crippen LogP contribution < -0.4 is 0 Å². The molecule has 0 amide bonds. The molecular formula is C17H27N3O2. The van der Waals surface area contributed by atoms with Crippen molar-refractivity contribution in [1.82, 2.24) is 14.7 Å². The SMILES string of the molecule is Cn1ncc2c1C(COCC1CC1)CN(C1CCOCC1)C2. The van der Waals surface area contributed by atoms with E-state index in [0.717, 1.165) is 58.3 Å². The fourth-order valence-corrected chi connectivity index (χ4v) is 3.92. The van der Waals surface area contributed by atoms with Crippen LogP contribution in [0.3, 0.4) is 0 Å². The van der Waals surface area contributed by atoms with Crippen molar-refractivity contribution in [3.63, 3.8) is 0 Å². The Balaban J connectivity index is 1.45. The van der Waals surface area contributed by atoms with E-state index < -0.39 is 0 Å². The van der Waals surface area contributed by atoms with Crippen molar-refractivity contribution in [3.05, 3.63) is 17.5 Å². The van der Waals surface area contributed by atoms with Gasteiger partial charge in [0.15, 0.2) is 0 Å². The summed E-state index contributed by atoms with van der Waals surface area (Å²) in [6.45, 7) is 5.73. The van der Waals surface area contributed by atoms with Gasteiger partial charge in [0.2, 0.25) is 0 Å². The summed E-state index contributed by atoms with van der Waals surface area (Å²) >= 11 is 0. The van der Waals surface area contributed by atoms with E-state index in [1.54, 1.807) is 0 Å². The Morgan fingerprint density at radius 1 is 1.23 bits per heavy atom. The molecule has 2 fully saturated rings. The van der Waals surface area contributed by atoms with E-state index in [4.69, 9.17) is 9.47 Å². The van der Waals surface area contributed by atoms with Crippen molar-refractivity contribution in [1.29, 1.82) is 0 Å². The Labute approximate surface area is 132 Å². The van der Waals surface area contributed by atoms with E-state index in [-0.39, 0.29) is 0 Å². The summed E-state index contributed by atoms with van der Waals surface area (Å²) < 4.78 is 13.6. The molecule has 3 heterocycles. The molecule has 1 saturated heterocycles. The lowest BCUT2D eigenvalue weighted by atomic mass is 9.94. The minimum absolute atomic E-state index is 0.456. The number of hydrogen-bond acceptors (Lipinski definition) is 4. The lowest BCUT2D eigenvalue weighted by Crippen LogP contribution is -2.44. The maximum absolute atomic E-state index is 6.02. The zero-order valence-electron chi connectivity index (χ0n) is 13.5. The molecule has 1 atom stereocenters. The van der Waals surface area contributed by atoms with Crippen LogP contribution in [-0.2, 0) is 23.1 Å². The largest absolute Gasteiger partial charge is 0.381 e. The van der Waals surface area contributed by atoms with E-state index in [1.807, 2.05) is 0 Å². The average Bonchev–Trinajstić information content (AvgIpc) is 3.30. The van der Waals surface area contributed by atoms with Crippen LogP contribution in [-0.4, -0.2) is 53.7 Å². The standard InChI is InChI=1S/C17H27N3O2/c1-19-17-14(8-18-19)9-20(16-4-6-21-7-5-16)10-15(17)12-22-11-13-2-3-13/h8,13,15-16H,2-7,9-12H2,1H3. The molecule has 0 N–H and O–H groups in total. The molecule has 4 rings (SSSR count). The molecule has 5 heteroatoms. The van der Waals surface area contributed by atoms with Crippen LogP contribution in [0.2, 0.25) is 0 Å². The van der Waals surface area contributed by atoms with Gasteiger partial charge in [0.1, 0.15) is 0 Å². The second-order valence-corrected chi connectivity index (χ2v) is 7.13. The van der Waals surface area contributed by atoms with Gasteiger partial charge in [-0.2, -0.15) is 5.10 Å². The van der Waals surface area contributed by atoms with Crippen molar-refractivity contribution in [3.8, 4) is 0 Å². The number of aromatic nitrogens is 2. The molecule has 1 saturated carbocycles. The molecule has 2 aliphatic heterocycles. The van der Waals surface area contributed by atoms with Crippen LogP contribution >= 0.6 is 0 Å². The van der Waals surface area contributed by atoms with Crippen molar-refractivity contribution >= 4 is 0 Å². The zero-order valence-corrected chi connectivity index (χ0v) is 13.5. The smallest absolute Gasteiger partial charge is 0.0562 e. The number of ether oxygens (including phenoxy) is 2. The minimum Gasteiger partial charge on any atom is -0.381 e. The van der Waals surface area contributed by atoms with E-state index in [0.29, 0.717) is 12.0 Å². The van der Waals surface area contributed by atoms with Crippen molar-refractivity contribution in [2.45, 2.75) is 44.2 Å². The van der Waals surface area contributed by atoms with Gasteiger partial charge in [-0.3, -0.25) is 9.58 Å². The Kier molecular flexibility index (Phi) is 4.20. The number of rotatable bonds is 5. The molecule has 0 bridgehead atoms. The normalized spacial score (nSPS) is 27.0. The fourth-order valence-electron chi connectivity index (χ4n) is 3.92. The maximum Gasteiger partial charge on any atom is 0.0562 e. The molecule has 1 aromatic rings. The Bertz CT molecular complexity index is 506. The summed E-state index contributed by atoms with van der Waals surface area (Å²) in [5, 5.41) is 4.49. The first-order valence-electron chi connectivity index (χ1n) is 8.71. The molecule has 0 spiro atoms. The van der Waals surface area contributed by atoms with Crippen molar-refractivity contribution < 1.29 is 9.47 Å². The van der Waals surface area contributed by atoms with Crippen LogP contribution in [0.15, 0.2) is 6.20 Å². The summed E-state index contributed by atoms with van der Waals surface area (Å²) in [5.74, 6) is 1.29. The number of fused-ring (bicyclic) bond motifs is 1. The highest BCUT2D eigenvalue weighted by Crippen LogP contribution is 2.33. The molecule has 1 aromatic heterocycles. The third kappa shape index (κ3) is 3.07. The van der Waals surface area contributed by atoms with Gasteiger partial charge >= 0.3 is 0 Å². The monoisotopic (exact) mass is 305 g/mol. The fraction of sp³-hybridized carbons (Fsp3) is 0.824. The third-order valence-corrected chi connectivity index (χ3v) is 5.36. The molecular weight excluding hydrogens is 278 g/mol. The lowest BCUT2D eigenvalue weighted by Gasteiger charge is -2.39. The molecule has 5 nitrogen and oxygen atoms in total. The summed E-state index contributed by atoms with van der Waals surface area (Å²) in [5.41, 5.74) is 2.78. The van der Waals surface area contributed by atoms with Gasteiger partial charge in [0.05, 0.1) is 12.8 Å². The van der Waals surface area contributed by atoms with Gasteiger partial charge in [0, 0.05) is 63.2 Å². The predicted octanol–water partition coefficient (Wildman–Crippen LogP) is 1.92. The summed E-state index contributed by atoms with van der Waals surface area (Å²) in [7, 11) is 2.07. The summed E-state index contributed by atoms with van der Waals surface area (Å²) in [6, 6.07) is 0.660. The Hall–Kier alpha value is -0.910. The van der Waals surface area contributed by atoms with Crippen LogP contribution in [0, 0.1) is 5.92 Å². The molecule has 0 aromatic carbocycles. The maximum atomic E-state index is 6.02. The molecule has 1 aliphatic carbocycles. The molecule has 0 radical (unpaired) electrons. The highest BCUT2D eigenvalue weighted by Gasteiger charge is 2.33. The zero-order chi connectivity index (χ0) is 14.9. The number of hydrogen-bond donors (Lipinski definition) is 0. The van der Waals surface area contributed by atoms with E-state index in [9.17, 15) is 0 Å². The highest BCUT2D eigenvalue weighted by atomic mass is 16.5. The second-order valence-electron chi connectivity index (χ2n) is 7.13. The quantitative estimate of drug-likeness (QED) is 0.833. The second kappa shape index (κ2) is 6.30. The number of aryl methyl sites for hydroxylation is 1. The first kappa shape index (κ1) is 14.7. The lowest BCUT2D eigenvalue weighted by molar-refractivity contribution is 0.0163. The van der Waals surface area contributed by atoms with Crippen molar-refractivity contribution in [2.75, 3.05) is 33.0 Å². The summed E-state index contributed by atoms with van der Waals surface area (Å²) in [6.07, 6.45) is 7.08. The predicted molar refractivity (Wildman–Crippen MR) is 83.7 cm³/mol. The van der Waals surface area contributed by atoms with Crippen LogP contribution in [0.25, 0.3) is 0 Å². The minimum atomic E-state index is 0.456. The van der Waals surface area contributed by atoms with Gasteiger partial charge in [0.25, 0.3) is 0 Å². The van der Waals surface area contributed by atoms with Gasteiger partial charge < -0.3 is 9.47 Å². The number of nitrogens with zero attached hydrogens (tertiary/aromatic N) is 3. The summed E-state index contributed by atoms with van der Waals surface area (Å²) in [4.78, 5) is 2.64. The highest BCUT2D eigenvalue weighted by molar-refractivity contribution is 5.25. The molecule has 22 heavy (non-hydrogen) atoms. The Morgan fingerprint density at radius 3 is 2.82 bits per heavy atom. The van der Waals surface area contributed by atoms with E-state index in [2.05, 4.69) is 27.9 Å². The van der Waals surface area contributed by atoms with Crippen molar-refractivity contribution in [2.24, 2.45) is 13.0 Å². The molecule has 3 aliphatic rings. The molecule has 1 unspecified atom stereocenters. The van der Waals surface area contributed by atoms with Gasteiger partial charge in [-0.25, -0.2) is 0 Å². The van der Waals surface area contributed by atoms with E-state index >= 15 is 0 Å². The molecule has 122 valence electrons. The topological polar surface area (TPSA) is 39.5 Å². The van der Waals surface area contributed by atoms with Gasteiger partial charge in [-0.1, -0.05) is 0 Å². The first-order valence-corrected chi connectivity index (χ1v) is 8.71. The van der Waals surface area contributed by atoms with E-state index in [1.165, 1.54) is 24.1 Å².